The second-order valence-electron chi connectivity index (χ2n) is 12.6. The highest BCUT2D eigenvalue weighted by Crippen LogP contribution is 2.38. The zero-order valence-corrected chi connectivity index (χ0v) is 34.4. The smallest absolute Gasteiger partial charge is 0.255 e. The number of aromatic nitrogens is 8. The van der Waals surface area contributed by atoms with Crippen LogP contribution in [0.15, 0.2) is 109 Å². The van der Waals surface area contributed by atoms with E-state index in [1.165, 1.54) is 17.5 Å². The van der Waals surface area contributed by atoms with E-state index < -0.39 is 5.91 Å². The molecule has 294 valence electrons. The van der Waals surface area contributed by atoms with Crippen molar-refractivity contribution in [1.82, 2.24) is 40.3 Å². The molecule has 0 spiro atoms. The van der Waals surface area contributed by atoms with Crippen molar-refractivity contribution >= 4 is 100 Å². The Hall–Kier alpha value is -6.59. The molecule has 1 amide bonds. The summed E-state index contributed by atoms with van der Waals surface area (Å²) in [6.07, 6.45) is 3.17. The number of anilines is 3. The number of nitrogens with zero attached hydrogens (tertiary/aromatic N) is 9. The summed E-state index contributed by atoms with van der Waals surface area (Å²) in [5.41, 5.74) is 9.54. The average molecular weight is 861 g/mol. The lowest BCUT2D eigenvalue weighted by Gasteiger charge is -2.15. The molecule has 0 aliphatic carbocycles. The number of ether oxygens (including phenoxy) is 2. The Morgan fingerprint density at radius 3 is 2.32 bits per heavy atom. The molecular weight excluding hydrogens is 830 g/mol. The van der Waals surface area contributed by atoms with Gasteiger partial charge in [0.05, 0.1) is 73.5 Å². The Kier molecular flexibility index (Phi) is 11.6. The SMILES string of the molecule is COc1ccc2ccccc2c1-c1cnnc(N(C)c2nc3ccccc3s2)n1.NC(=O)COc1ccc2sc(CNc3nncc(-c4c(Cl)cccc4Cl)n3)nc2c1. The first-order chi connectivity index (χ1) is 28.7. The van der Waals surface area contributed by atoms with Gasteiger partial charge < -0.3 is 20.5 Å². The summed E-state index contributed by atoms with van der Waals surface area (Å²) in [6, 6.07) is 30.8. The zero-order chi connectivity index (χ0) is 40.9. The molecule has 4 aromatic heterocycles. The molecule has 9 aromatic rings. The second-order valence-corrected chi connectivity index (χ2v) is 15.6. The molecule has 0 fully saturated rings. The number of amides is 1. The maximum absolute atomic E-state index is 10.9. The van der Waals surface area contributed by atoms with Crippen LogP contribution in [0.25, 0.3) is 53.7 Å². The van der Waals surface area contributed by atoms with E-state index in [0.717, 1.165) is 52.7 Å². The van der Waals surface area contributed by atoms with E-state index in [4.69, 9.17) is 43.4 Å². The molecule has 5 aromatic carbocycles. The topological polar surface area (TPSA) is 180 Å². The lowest BCUT2D eigenvalue weighted by atomic mass is 10.0. The lowest BCUT2D eigenvalue weighted by Crippen LogP contribution is -2.19. The Morgan fingerprint density at radius 1 is 0.780 bits per heavy atom. The van der Waals surface area contributed by atoms with Gasteiger partial charge in [-0.25, -0.2) is 19.9 Å². The number of thiazole rings is 2. The quantitative estimate of drug-likeness (QED) is 0.126. The molecule has 0 atom stereocenters. The van der Waals surface area contributed by atoms with Gasteiger partial charge in [-0.3, -0.25) is 9.69 Å². The zero-order valence-electron chi connectivity index (χ0n) is 31.2. The van der Waals surface area contributed by atoms with Crippen LogP contribution in [-0.2, 0) is 11.3 Å². The third-order valence-electron chi connectivity index (χ3n) is 8.74. The number of carbonyl (C=O) groups is 1. The first kappa shape index (κ1) is 39.2. The van der Waals surface area contributed by atoms with Crippen molar-refractivity contribution in [2.75, 3.05) is 31.0 Å². The molecular formula is C41H31Cl2N11O3S2. The first-order valence-corrected chi connectivity index (χ1v) is 20.2. The molecule has 4 heterocycles. The minimum absolute atomic E-state index is 0.180. The van der Waals surface area contributed by atoms with Gasteiger partial charge in [-0.15, -0.1) is 21.5 Å². The van der Waals surface area contributed by atoms with E-state index in [1.54, 1.807) is 55.0 Å². The summed E-state index contributed by atoms with van der Waals surface area (Å²) in [4.78, 5) is 31.2. The van der Waals surface area contributed by atoms with Crippen LogP contribution in [0.2, 0.25) is 10.0 Å². The number of para-hydroxylation sites is 1. The van der Waals surface area contributed by atoms with E-state index >= 15 is 0 Å². The molecule has 59 heavy (non-hydrogen) atoms. The van der Waals surface area contributed by atoms with Crippen LogP contribution < -0.4 is 25.4 Å². The van der Waals surface area contributed by atoms with Crippen LogP contribution in [0.3, 0.4) is 0 Å². The van der Waals surface area contributed by atoms with Crippen LogP contribution in [0.4, 0.5) is 17.0 Å². The standard InChI is InChI=1S/C22H17N5OS.C19H14Cl2N6O2S/c1-27(22-25-16-9-5-6-10-19(16)29-22)21-24-17(13-23-26-21)20-15-8-4-3-7-14(15)11-12-18(20)28-2;20-11-2-1-3-12(21)18(11)14-7-24-27-19(26-14)23-8-17-25-13-6-10(29-9-16(22)28)4-5-15(13)30-17/h3-13H,1-2H3;1-7H,8-9H2,(H2,22,28)(H,23,26,27). The molecule has 3 N–H and O–H groups in total. The fourth-order valence-corrected chi connectivity index (χ4v) is 8.41. The Labute approximate surface area is 354 Å². The van der Waals surface area contributed by atoms with Gasteiger partial charge in [-0.1, -0.05) is 83.1 Å². The van der Waals surface area contributed by atoms with Crippen molar-refractivity contribution in [1.29, 1.82) is 0 Å². The summed E-state index contributed by atoms with van der Waals surface area (Å²) in [7, 11) is 3.56. The minimum atomic E-state index is -0.535. The summed E-state index contributed by atoms with van der Waals surface area (Å²) in [5, 5.41) is 24.3. The number of rotatable bonds is 11. The van der Waals surface area contributed by atoms with E-state index in [-0.39, 0.29) is 6.61 Å². The molecule has 14 nitrogen and oxygen atoms in total. The van der Waals surface area contributed by atoms with Crippen molar-refractivity contribution in [2.45, 2.75) is 6.54 Å². The van der Waals surface area contributed by atoms with E-state index in [2.05, 4.69) is 58.9 Å². The summed E-state index contributed by atoms with van der Waals surface area (Å²) in [6.45, 7) is 0.221. The van der Waals surface area contributed by atoms with E-state index in [9.17, 15) is 4.79 Å². The molecule has 0 saturated carbocycles. The largest absolute Gasteiger partial charge is 0.496 e. The highest BCUT2D eigenvalue weighted by molar-refractivity contribution is 7.22. The second kappa shape index (κ2) is 17.5. The van der Waals surface area contributed by atoms with Gasteiger partial charge in [0.2, 0.25) is 5.95 Å². The van der Waals surface area contributed by atoms with Crippen LogP contribution in [-0.4, -0.2) is 67.0 Å². The van der Waals surface area contributed by atoms with Gasteiger partial charge in [-0.05, 0) is 53.2 Å². The number of hydrogen-bond acceptors (Lipinski definition) is 15. The predicted molar refractivity (Wildman–Crippen MR) is 234 cm³/mol. The molecule has 0 aliphatic heterocycles. The van der Waals surface area contributed by atoms with E-state index in [1.807, 2.05) is 60.5 Å². The van der Waals surface area contributed by atoms with Gasteiger partial charge in [0.15, 0.2) is 11.7 Å². The maximum atomic E-state index is 10.9. The average Bonchev–Trinajstić information content (AvgIpc) is 3.89. The predicted octanol–water partition coefficient (Wildman–Crippen LogP) is 9.01. The maximum Gasteiger partial charge on any atom is 0.255 e. The van der Waals surface area contributed by atoms with Crippen LogP contribution >= 0.6 is 45.9 Å². The van der Waals surface area contributed by atoms with Crippen LogP contribution in [0, 0.1) is 0 Å². The van der Waals surface area contributed by atoms with Crippen LogP contribution in [0.5, 0.6) is 11.5 Å². The van der Waals surface area contributed by atoms with Crippen molar-refractivity contribution in [3.63, 3.8) is 0 Å². The number of primary amides is 1. The van der Waals surface area contributed by atoms with Crippen molar-refractivity contribution in [2.24, 2.45) is 5.73 Å². The fourth-order valence-electron chi connectivity index (χ4n) is 6.00. The number of carbonyl (C=O) groups excluding carboxylic acids is 1. The number of hydrogen-bond donors (Lipinski definition) is 2. The molecule has 18 heteroatoms. The Bertz CT molecular complexity index is 2910. The molecule has 0 radical (unpaired) electrons. The molecule has 9 rings (SSSR count). The number of fused-ring (bicyclic) bond motifs is 3. The van der Waals surface area contributed by atoms with E-state index in [0.29, 0.717) is 51.2 Å². The number of nitrogens with one attached hydrogen (secondary N) is 1. The van der Waals surface area contributed by atoms with Crippen molar-refractivity contribution < 1.29 is 14.3 Å². The molecule has 0 aliphatic rings. The third kappa shape index (κ3) is 8.80. The minimum Gasteiger partial charge on any atom is -0.496 e. The Balaban J connectivity index is 0.000000164. The van der Waals surface area contributed by atoms with Gasteiger partial charge in [0.1, 0.15) is 16.5 Å². The normalized spacial score (nSPS) is 11.0. The summed E-state index contributed by atoms with van der Waals surface area (Å²) >= 11 is 15.6. The summed E-state index contributed by atoms with van der Waals surface area (Å²) in [5.74, 6) is 1.55. The highest BCUT2D eigenvalue weighted by Gasteiger charge is 2.18. The number of benzene rings is 5. The highest BCUT2D eigenvalue weighted by atomic mass is 35.5. The molecule has 0 bridgehead atoms. The summed E-state index contributed by atoms with van der Waals surface area (Å²) < 4.78 is 13.0. The molecule has 0 saturated heterocycles. The van der Waals surface area contributed by atoms with Crippen molar-refractivity contribution in [3.05, 3.63) is 125 Å². The van der Waals surface area contributed by atoms with Gasteiger partial charge in [0, 0.05) is 18.7 Å². The van der Waals surface area contributed by atoms with Gasteiger partial charge in [0.25, 0.3) is 11.9 Å². The van der Waals surface area contributed by atoms with Gasteiger partial charge in [-0.2, -0.15) is 10.2 Å². The van der Waals surface area contributed by atoms with Gasteiger partial charge >= 0.3 is 0 Å². The fraction of sp³-hybridized carbons (Fsp3) is 0.0976. The monoisotopic (exact) mass is 859 g/mol. The van der Waals surface area contributed by atoms with Crippen molar-refractivity contribution in [3.8, 4) is 34.0 Å². The number of halogens is 2. The third-order valence-corrected chi connectivity index (χ3v) is 11.5. The Morgan fingerprint density at radius 2 is 1.53 bits per heavy atom. The molecule has 0 unspecified atom stereocenters. The number of nitrogens with two attached hydrogens (primary N) is 1. The lowest BCUT2D eigenvalue weighted by molar-refractivity contribution is -0.119. The van der Waals surface area contributed by atoms with Crippen LogP contribution in [0.1, 0.15) is 5.01 Å². The number of methoxy groups -OCH3 is 1. The first-order valence-electron chi connectivity index (χ1n) is 17.8.